The van der Waals surface area contributed by atoms with E-state index in [1.54, 1.807) is 13.0 Å². The summed E-state index contributed by atoms with van der Waals surface area (Å²) in [5.41, 5.74) is 0.542. The molecule has 3 aromatic heterocycles. The fourth-order valence-corrected chi connectivity index (χ4v) is 4.34. The lowest BCUT2D eigenvalue weighted by Gasteiger charge is -2.23. The van der Waals surface area contributed by atoms with Crippen LogP contribution in [0.1, 0.15) is 36.8 Å². The monoisotopic (exact) mass is 538 g/mol. The van der Waals surface area contributed by atoms with Crippen molar-refractivity contribution in [1.29, 1.82) is 0 Å². The van der Waals surface area contributed by atoms with Gasteiger partial charge in [0.2, 0.25) is 5.95 Å². The van der Waals surface area contributed by atoms with Crippen molar-refractivity contribution in [2.45, 2.75) is 45.0 Å². The van der Waals surface area contributed by atoms with Crippen molar-refractivity contribution >= 4 is 22.7 Å². The van der Waals surface area contributed by atoms with E-state index in [1.807, 2.05) is 24.3 Å². The lowest BCUT2D eigenvalue weighted by Crippen LogP contribution is -2.34. The lowest BCUT2D eigenvalue weighted by molar-refractivity contribution is -0.130. The van der Waals surface area contributed by atoms with Gasteiger partial charge in [-0.15, -0.1) is 5.92 Å². The van der Waals surface area contributed by atoms with Crippen LogP contribution in [0, 0.1) is 11.8 Å². The van der Waals surface area contributed by atoms with Gasteiger partial charge in [-0.2, -0.15) is 18.2 Å². The van der Waals surface area contributed by atoms with Crippen LogP contribution in [0.15, 0.2) is 52.1 Å². The van der Waals surface area contributed by atoms with Gasteiger partial charge < -0.3 is 19.8 Å². The minimum absolute atomic E-state index is 0.0187. The van der Waals surface area contributed by atoms with E-state index in [4.69, 9.17) is 9.15 Å². The van der Waals surface area contributed by atoms with Gasteiger partial charge in [0.15, 0.2) is 6.39 Å². The zero-order valence-electron chi connectivity index (χ0n) is 21.0. The van der Waals surface area contributed by atoms with Crippen molar-refractivity contribution in [3.63, 3.8) is 0 Å². The highest BCUT2D eigenvalue weighted by Gasteiger charge is 2.31. The Morgan fingerprint density at radius 1 is 1.21 bits per heavy atom. The Kier molecular flexibility index (Phi) is 7.51. The molecule has 1 aliphatic heterocycles. The van der Waals surface area contributed by atoms with E-state index >= 15 is 0 Å². The number of nitrogens with one attached hydrogen (secondary N) is 2. The third-order valence-electron chi connectivity index (χ3n) is 6.18. The van der Waals surface area contributed by atoms with Gasteiger partial charge in [-0.05, 0) is 63.2 Å². The van der Waals surface area contributed by atoms with Crippen molar-refractivity contribution in [3.05, 3.63) is 70.3 Å². The van der Waals surface area contributed by atoms with Gasteiger partial charge in [0.25, 0.3) is 5.56 Å². The average Bonchev–Trinajstić information content (AvgIpc) is 3.33. The first-order valence-electron chi connectivity index (χ1n) is 12.3. The van der Waals surface area contributed by atoms with Crippen molar-refractivity contribution in [2.75, 3.05) is 18.4 Å². The smallest absolute Gasteiger partial charge is 0.396 e. The summed E-state index contributed by atoms with van der Waals surface area (Å²) >= 11 is 0. The topological polar surface area (TPSA) is 107 Å². The number of piperidine rings is 1. The van der Waals surface area contributed by atoms with Crippen LogP contribution in [-0.2, 0) is 13.0 Å². The molecule has 0 radical (unpaired) electrons. The summed E-state index contributed by atoms with van der Waals surface area (Å²) in [4.78, 5) is 26.0. The van der Waals surface area contributed by atoms with Gasteiger partial charge in [0, 0.05) is 17.3 Å². The number of fused-ring (bicyclic) bond motifs is 1. The summed E-state index contributed by atoms with van der Waals surface area (Å²) < 4.78 is 51.3. The number of rotatable bonds is 7. The molecule has 1 saturated heterocycles. The van der Waals surface area contributed by atoms with Gasteiger partial charge in [-0.25, -0.2) is 9.97 Å². The van der Waals surface area contributed by atoms with E-state index in [1.165, 1.54) is 10.8 Å². The zero-order chi connectivity index (χ0) is 27.4. The molecule has 0 amide bonds. The van der Waals surface area contributed by atoms with Crippen molar-refractivity contribution < 1.29 is 22.3 Å². The average molecular weight is 539 g/mol. The van der Waals surface area contributed by atoms with Crippen molar-refractivity contribution in [2.24, 2.45) is 0 Å². The molecule has 0 atom stereocenters. The second-order valence-corrected chi connectivity index (χ2v) is 9.03. The summed E-state index contributed by atoms with van der Waals surface area (Å²) in [5.74, 6) is 6.01. The second-order valence-electron chi connectivity index (χ2n) is 9.03. The van der Waals surface area contributed by atoms with Gasteiger partial charge in [0.05, 0.1) is 12.1 Å². The predicted octanol–water partition coefficient (Wildman–Crippen LogP) is 4.18. The molecule has 0 bridgehead atoms. The van der Waals surface area contributed by atoms with E-state index in [2.05, 4.69) is 37.4 Å². The Bertz CT molecular complexity index is 1580. The van der Waals surface area contributed by atoms with Gasteiger partial charge in [0.1, 0.15) is 35.4 Å². The third-order valence-corrected chi connectivity index (χ3v) is 6.18. The highest BCUT2D eigenvalue weighted by Crippen LogP contribution is 2.25. The number of pyridine rings is 1. The zero-order valence-corrected chi connectivity index (χ0v) is 21.0. The van der Waals surface area contributed by atoms with Gasteiger partial charge in [-0.3, -0.25) is 9.36 Å². The molecule has 0 saturated carbocycles. The van der Waals surface area contributed by atoms with Crippen LogP contribution >= 0.6 is 0 Å². The fraction of sp³-hybridized carbons (Fsp3) is 0.333. The quantitative estimate of drug-likeness (QED) is 0.338. The number of hydrogen-bond acceptors (Lipinski definition) is 8. The molecule has 4 heterocycles. The first-order chi connectivity index (χ1) is 18.8. The molecule has 9 nitrogen and oxygen atoms in total. The van der Waals surface area contributed by atoms with Crippen molar-refractivity contribution in [1.82, 2.24) is 24.8 Å². The highest BCUT2D eigenvalue weighted by molar-refractivity contribution is 5.77. The summed E-state index contributed by atoms with van der Waals surface area (Å²) in [6.07, 6.45) is -1.27. The molecule has 0 unspecified atom stereocenters. The molecule has 5 rings (SSSR count). The largest absolute Gasteiger partial charge is 0.490 e. The number of nitrogens with zero attached hydrogens (tertiary/aromatic N) is 4. The number of oxazole rings is 1. The van der Waals surface area contributed by atoms with Crippen LogP contribution < -0.4 is 20.9 Å². The molecule has 39 heavy (non-hydrogen) atoms. The van der Waals surface area contributed by atoms with Crippen LogP contribution in [0.4, 0.5) is 24.8 Å². The highest BCUT2D eigenvalue weighted by atomic mass is 19.4. The maximum Gasteiger partial charge on any atom is 0.396 e. The standard InChI is InChI=1S/C27H25F3N6O3/c1-2-3-17-12-18-14-32-26(34-19-4-6-20(7-5-19)39-21-8-10-31-11-9-21)35-24(18)36(25(17)37)15-22-23(38-16-33-22)13-27(28,29)30/h4-7,12,14,16,21,31H,8-11,13,15H2,1H3,(H,32,34,35). The minimum atomic E-state index is -4.50. The number of alkyl halides is 3. The number of halogens is 3. The van der Waals surface area contributed by atoms with Gasteiger partial charge >= 0.3 is 6.18 Å². The Morgan fingerprint density at radius 3 is 2.69 bits per heavy atom. The SMILES string of the molecule is CC#Cc1cc2cnc(Nc3ccc(OC4CCNCC4)cc3)nc2n(Cc2ncoc2CC(F)(F)F)c1=O. The van der Waals surface area contributed by atoms with E-state index < -0.39 is 18.2 Å². The Balaban J connectivity index is 1.44. The van der Waals surface area contributed by atoms with Crippen molar-refractivity contribution in [3.8, 4) is 17.6 Å². The number of anilines is 2. The van der Waals surface area contributed by atoms with E-state index in [0.29, 0.717) is 11.1 Å². The molecule has 1 fully saturated rings. The Morgan fingerprint density at radius 2 is 1.97 bits per heavy atom. The molecular formula is C27H25F3N6O3. The number of ether oxygens (including phenoxy) is 1. The van der Waals surface area contributed by atoms with Crippen LogP contribution in [0.2, 0.25) is 0 Å². The fourth-order valence-electron chi connectivity index (χ4n) is 4.34. The van der Waals surface area contributed by atoms with Crippen LogP contribution in [0.3, 0.4) is 0 Å². The van der Waals surface area contributed by atoms with E-state index in [9.17, 15) is 18.0 Å². The van der Waals surface area contributed by atoms with E-state index in [0.717, 1.165) is 38.1 Å². The summed E-state index contributed by atoms with van der Waals surface area (Å²) in [6.45, 7) is 3.16. The molecular weight excluding hydrogens is 513 g/mol. The predicted molar refractivity (Wildman–Crippen MR) is 138 cm³/mol. The third kappa shape index (κ3) is 6.38. The first-order valence-corrected chi connectivity index (χ1v) is 12.3. The molecule has 12 heteroatoms. The van der Waals surface area contributed by atoms with Crippen LogP contribution in [-0.4, -0.2) is 44.9 Å². The minimum Gasteiger partial charge on any atom is -0.490 e. The molecule has 202 valence electrons. The number of benzene rings is 1. The summed E-state index contributed by atoms with van der Waals surface area (Å²) in [5, 5.41) is 6.90. The lowest BCUT2D eigenvalue weighted by atomic mass is 10.1. The molecule has 0 aliphatic carbocycles. The Labute approximate surface area is 221 Å². The Hall–Kier alpha value is -4.37. The van der Waals surface area contributed by atoms with Crippen LogP contribution in [0.5, 0.6) is 5.75 Å². The number of hydrogen-bond donors (Lipinski definition) is 2. The summed E-state index contributed by atoms with van der Waals surface area (Å²) in [6, 6.07) is 8.92. The molecule has 1 aliphatic rings. The van der Waals surface area contributed by atoms with E-state index in [-0.39, 0.29) is 41.3 Å². The maximum atomic E-state index is 13.2. The maximum absolute atomic E-state index is 13.2. The molecule has 0 spiro atoms. The van der Waals surface area contributed by atoms with Gasteiger partial charge in [-0.1, -0.05) is 5.92 Å². The molecule has 4 aromatic rings. The van der Waals surface area contributed by atoms with Crippen LogP contribution in [0.25, 0.3) is 11.0 Å². The second kappa shape index (κ2) is 11.2. The molecule has 1 aromatic carbocycles. The number of aromatic nitrogens is 4. The first kappa shape index (κ1) is 26.2. The summed E-state index contributed by atoms with van der Waals surface area (Å²) in [7, 11) is 0. The molecule has 2 N–H and O–H groups in total. The normalized spacial score (nSPS) is 14.2.